The third-order valence-corrected chi connectivity index (χ3v) is 10.5. The molecule has 35 heavy (non-hydrogen) atoms. The second kappa shape index (κ2) is 11.1. The fraction of sp³-hybridized carbons (Fsp3) is 0.143. The highest BCUT2D eigenvalue weighted by molar-refractivity contribution is 7.92. The van der Waals surface area contributed by atoms with E-state index in [4.69, 9.17) is 4.74 Å². The molecule has 1 N–H and O–H groups in total. The molecule has 0 aliphatic carbocycles. The molecule has 0 aliphatic rings. The largest absolute Gasteiger partial charge is 0.374 e. The second-order valence-corrected chi connectivity index (χ2v) is 12.9. The van der Waals surface area contributed by atoms with Gasteiger partial charge in [0.25, 0.3) is 0 Å². The van der Waals surface area contributed by atoms with Gasteiger partial charge in [0, 0.05) is 10.6 Å². The summed E-state index contributed by atoms with van der Waals surface area (Å²) in [5.41, 5.74) is 1.88. The van der Waals surface area contributed by atoms with Crippen molar-refractivity contribution in [1.29, 1.82) is 0 Å². The van der Waals surface area contributed by atoms with Crippen LogP contribution in [0.2, 0.25) is 0 Å². The van der Waals surface area contributed by atoms with Crippen LogP contribution in [-0.4, -0.2) is 20.4 Å². The molecule has 0 radical (unpaired) electrons. The molecule has 1 atom stereocenters. The van der Waals surface area contributed by atoms with Crippen LogP contribution in [0, 0.1) is 6.92 Å². The van der Waals surface area contributed by atoms with Gasteiger partial charge in [0.05, 0.1) is 18.1 Å². The third kappa shape index (κ3) is 5.98. The zero-order valence-corrected chi connectivity index (χ0v) is 21.2. The molecule has 0 amide bonds. The molecule has 5 nitrogen and oxygen atoms in total. The van der Waals surface area contributed by atoms with Crippen LogP contribution in [-0.2, 0) is 25.7 Å². The van der Waals surface area contributed by atoms with Crippen LogP contribution < -0.4 is 15.7 Å². The Labute approximate surface area is 207 Å². The minimum Gasteiger partial charge on any atom is -0.374 e. The van der Waals surface area contributed by atoms with E-state index >= 15 is 0 Å². The van der Waals surface area contributed by atoms with E-state index in [0.29, 0.717) is 10.6 Å². The summed E-state index contributed by atoms with van der Waals surface area (Å²) in [6.45, 7) is 1.96. The lowest BCUT2D eigenvalue weighted by atomic mass is 10.2. The first kappa shape index (κ1) is 25.1. The van der Waals surface area contributed by atoms with E-state index in [2.05, 4.69) is 5.09 Å². The molecule has 4 rings (SSSR count). The Morgan fingerprint density at radius 2 is 1.23 bits per heavy atom. The van der Waals surface area contributed by atoms with Crippen molar-refractivity contribution < 1.29 is 17.7 Å². The van der Waals surface area contributed by atoms with Crippen LogP contribution in [0.1, 0.15) is 11.1 Å². The summed E-state index contributed by atoms with van der Waals surface area (Å²) in [4.78, 5) is 0.150. The lowest BCUT2D eigenvalue weighted by Crippen LogP contribution is -2.43. The van der Waals surface area contributed by atoms with E-state index in [-0.39, 0.29) is 18.1 Å². The van der Waals surface area contributed by atoms with Gasteiger partial charge in [-0.15, -0.1) is 0 Å². The summed E-state index contributed by atoms with van der Waals surface area (Å²) in [6, 6.07) is 34.0. The van der Waals surface area contributed by atoms with Gasteiger partial charge in [0.1, 0.15) is 5.37 Å². The summed E-state index contributed by atoms with van der Waals surface area (Å²) < 4.78 is 48.0. The van der Waals surface area contributed by atoms with Crippen LogP contribution in [0.15, 0.2) is 120 Å². The van der Waals surface area contributed by atoms with Gasteiger partial charge in [-0.3, -0.25) is 4.57 Å². The summed E-state index contributed by atoms with van der Waals surface area (Å²) in [6.07, 6.45) is 0. The predicted molar refractivity (Wildman–Crippen MR) is 141 cm³/mol. The van der Waals surface area contributed by atoms with Gasteiger partial charge in [-0.1, -0.05) is 84.4 Å². The minimum absolute atomic E-state index is 0.150. The highest BCUT2D eigenvalue weighted by Crippen LogP contribution is 2.40. The van der Waals surface area contributed by atoms with Crippen molar-refractivity contribution in [2.75, 3.05) is 6.61 Å². The van der Waals surface area contributed by atoms with Gasteiger partial charge >= 0.3 is 0 Å². The van der Waals surface area contributed by atoms with Crippen LogP contribution in [0.25, 0.3) is 0 Å². The van der Waals surface area contributed by atoms with E-state index in [1.807, 2.05) is 49.4 Å². The lowest BCUT2D eigenvalue weighted by molar-refractivity contribution is 0.118. The van der Waals surface area contributed by atoms with Gasteiger partial charge in [0.2, 0.25) is 7.29 Å². The molecule has 0 aliphatic heterocycles. The Bertz CT molecular complexity index is 1330. The maximum Gasteiger partial charge on any atom is 0.205 e. The summed E-state index contributed by atoms with van der Waals surface area (Å²) >= 11 is 0. The summed E-state index contributed by atoms with van der Waals surface area (Å²) in [7, 11) is -7.46. The molecule has 0 saturated heterocycles. The van der Waals surface area contributed by atoms with Crippen LogP contribution in [0.3, 0.4) is 0 Å². The maximum atomic E-state index is 14.6. The van der Waals surface area contributed by atoms with E-state index < -0.39 is 22.5 Å². The number of rotatable bonds is 10. The van der Waals surface area contributed by atoms with Crippen molar-refractivity contribution in [3.8, 4) is 0 Å². The molecular formula is C28H28NO4PS. The van der Waals surface area contributed by atoms with E-state index in [1.54, 1.807) is 72.8 Å². The Morgan fingerprint density at radius 1 is 0.743 bits per heavy atom. The van der Waals surface area contributed by atoms with Crippen molar-refractivity contribution >= 4 is 27.7 Å². The molecule has 0 heterocycles. The number of hydrogen-bond donors (Lipinski definition) is 1. The molecule has 0 bridgehead atoms. The topological polar surface area (TPSA) is 72.5 Å². The number of ether oxygens (including phenoxy) is 1. The van der Waals surface area contributed by atoms with Crippen molar-refractivity contribution in [2.45, 2.75) is 23.8 Å². The molecular weight excluding hydrogens is 477 g/mol. The molecule has 4 aromatic carbocycles. The van der Waals surface area contributed by atoms with Gasteiger partial charge in [-0.05, 0) is 48.9 Å². The second-order valence-electron chi connectivity index (χ2n) is 8.26. The van der Waals surface area contributed by atoms with Crippen LogP contribution >= 0.6 is 7.29 Å². The van der Waals surface area contributed by atoms with E-state index in [9.17, 15) is 13.0 Å². The smallest absolute Gasteiger partial charge is 0.205 e. The number of nitrogens with one attached hydrogen (secondary N) is 1. The fourth-order valence-electron chi connectivity index (χ4n) is 3.72. The van der Waals surface area contributed by atoms with Crippen molar-refractivity contribution in [3.05, 3.63) is 126 Å². The first-order chi connectivity index (χ1) is 16.9. The fourth-order valence-corrected chi connectivity index (χ4v) is 8.10. The van der Waals surface area contributed by atoms with E-state index in [1.165, 1.54) is 0 Å². The first-order valence-corrected chi connectivity index (χ1v) is 14.6. The lowest BCUT2D eigenvalue weighted by Gasteiger charge is -2.27. The molecule has 7 heteroatoms. The molecule has 0 spiro atoms. The zero-order chi connectivity index (χ0) is 24.7. The number of hydrogen-bond acceptors (Lipinski definition) is 4. The average Bonchev–Trinajstić information content (AvgIpc) is 2.90. The van der Waals surface area contributed by atoms with Crippen molar-refractivity contribution in [2.24, 2.45) is 0 Å². The van der Waals surface area contributed by atoms with Crippen molar-refractivity contribution in [3.63, 3.8) is 0 Å². The zero-order valence-electron chi connectivity index (χ0n) is 19.4. The molecule has 4 aromatic rings. The van der Waals surface area contributed by atoms with Crippen LogP contribution in [0.5, 0.6) is 0 Å². The molecule has 0 fully saturated rings. The summed E-state index contributed by atoms with van der Waals surface area (Å²) in [5, 5.41) is 2.86. The quantitative estimate of drug-likeness (QED) is 0.313. The van der Waals surface area contributed by atoms with Crippen molar-refractivity contribution in [1.82, 2.24) is 5.09 Å². The summed E-state index contributed by atoms with van der Waals surface area (Å²) in [5.74, 6) is 0. The SMILES string of the molecule is Cc1ccc(S(=O)(=O)C(COCc2ccccc2)NP(=O)(c2ccccc2)c2ccccc2)cc1. The standard InChI is InChI=1S/C28H28NO4PS/c1-23-17-19-27(20-18-23)35(31,32)28(22-33-21-24-11-5-2-6-12-24)29-34(30,25-13-7-3-8-14-25)26-15-9-4-10-16-26/h2-20,28H,21-22H2,1H3,(H,29,30). The third-order valence-electron chi connectivity index (χ3n) is 5.67. The van der Waals surface area contributed by atoms with Gasteiger partial charge in [-0.2, -0.15) is 0 Å². The predicted octanol–water partition coefficient (Wildman–Crippen LogP) is 4.83. The normalized spacial score (nSPS) is 12.8. The number of aryl methyl sites for hydroxylation is 1. The monoisotopic (exact) mass is 505 g/mol. The molecule has 0 saturated carbocycles. The van der Waals surface area contributed by atoms with Gasteiger partial charge in [0.15, 0.2) is 9.84 Å². The Kier molecular flexibility index (Phi) is 7.99. The van der Waals surface area contributed by atoms with Gasteiger partial charge < -0.3 is 4.74 Å². The number of sulfone groups is 1. The highest BCUT2D eigenvalue weighted by atomic mass is 32.2. The highest BCUT2D eigenvalue weighted by Gasteiger charge is 2.37. The molecule has 0 aromatic heterocycles. The van der Waals surface area contributed by atoms with Crippen LogP contribution in [0.4, 0.5) is 0 Å². The van der Waals surface area contributed by atoms with Gasteiger partial charge in [-0.25, -0.2) is 13.5 Å². The Morgan fingerprint density at radius 3 is 1.74 bits per heavy atom. The van der Waals surface area contributed by atoms with E-state index in [0.717, 1.165) is 11.1 Å². The first-order valence-electron chi connectivity index (χ1n) is 11.3. The molecule has 180 valence electrons. The average molecular weight is 506 g/mol. The number of benzene rings is 4. The minimum atomic E-state index is -3.93. The molecule has 1 unspecified atom stereocenters. The Hall–Kier alpha value is -3.02. The Balaban J connectivity index is 1.72. The maximum absolute atomic E-state index is 14.6.